The molecule has 2 heterocycles. The summed E-state index contributed by atoms with van der Waals surface area (Å²) in [5.74, 6) is 2.27. The SMILES string of the molecule is CC[n+]1ccc(/C(C)=C/c2ccc(CCCSSCCNc3ccc(/C=C(\C)c4cc[n+](CC)cc4)cc3)cc2)cc1. The van der Waals surface area contributed by atoms with Crippen LogP contribution in [0, 0.1) is 0 Å². The molecule has 3 nitrogen and oxygen atoms in total. The molecule has 42 heavy (non-hydrogen) atoms. The van der Waals surface area contributed by atoms with E-state index in [9.17, 15) is 0 Å². The Hall–Kier alpha value is -3.28. The fourth-order valence-corrected chi connectivity index (χ4v) is 6.69. The first-order chi connectivity index (χ1) is 20.5. The van der Waals surface area contributed by atoms with Gasteiger partial charge in [-0.25, -0.2) is 9.13 Å². The molecule has 0 aliphatic rings. The maximum Gasteiger partial charge on any atom is 0.169 e. The van der Waals surface area contributed by atoms with Crippen molar-refractivity contribution in [1.82, 2.24) is 0 Å². The van der Waals surface area contributed by atoms with Gasteiger partial charge in [-0.1, -0.05) is 70.1 Å². The van der Waals surface area contributed by atoms with Gasteiger partial charge >= 0.3 is 0 Å². The first kappa shape index (κ1) is 31.7. The molecule has 0 amide bonds. The number of allylic oxidation sites excluding steroid dienone is 2. The lowest BCUT2D eigenvalue weighted by Gasteiger charge is -2.07. The molecule has 218 valence electrons. The molecular weight excluding hydrogens is 551 g/mol. The highest BCUT2D eigenvalue weighted by atomic mass is 33.1. The molecule has 0 atom stereocenters. The quantitative estimate of drug-likeness (QED) is 0.0842. The van der Waals surface area contributed by atoms with Crippen LogP contribution in [0.2, 0.25) is 0 Å². The number of nitrogens with zero attached hydrogens (tertiary/aromatic N) is 2. The van der Waals surface area contributed by atoms with E-state index in [1.165, 1.54) is 56.8 Å². The molecule has 1 N–H and O–H groups in total. The predicted molar refractivity (Wildman–Crippen MR) is 186 cm³/mol. The van der Waals surface area contributed by atoms with Gasteiger partial charge in [0.1, 0.15) is 13.1 Å². The second-order valence-electron chi connectivity index (χ2n) is 10.5. The molecule has 2 aromatic carbocycles. The number of rotatable bonds is 15. The van der Waals surface area contributed by atoms with Gasteiger partial charge in [-0.3, -0.25) is 0 Å². The maximum atomic E-state index is 3.56. The molecule has 0 fully saturated rings. The van der Waals surface area contributed by atoms with Gasteiger partial charge in [-0.05, 0) is 91.6 Å². The summed E-state index contributed by atoms with van der Waals surface area (Å²) in [7, 11) is 3.95. The summed E-state index contributed by atoms with van der Waals surface area (Å²) < 4.78 is 4.37. The van der Waals surface area contributed by atoms with Crippen LogP contribution in [0.3, 0.4) is 0 Å². The first-order valence-corrected chi connectivity index (χ1v) is 17.6. The summed E-state index contributed by atoms with van der Waals surface area (Å²) in [6.45, 7) is 11.7. The largest absolute Gasteiger partial charge is 0.384 e. The third-order valence-electron chi connectivity index (χ3n) is 7.37. The molecule has 0 aliphatic carbocycles. The van der Waals surface area contributed by atoms with E-state index in [0.717, 1.165) is 31.8 Å². The molecule has 0 unspecified atom stereocenters. The van der Waals surface area contributed by atoms with E-state index in [4.69, 9.17) is 0 Å². The Labute approximate surface area is 261 Å². The molecule has 4 aromatic rings. The van der Waals surface area contributed by atoms with E-state index in [1.54, 1.807) is 0 Å². The van der Waals surface area contributed by atoms with Gasteiger partial charge in [-0.15, -0.1) is 0 Å². The van der Waals surface area contributed by atoms with E-state index >= 15 is 0 Å². The lowest BCUT2D eigenvalue weighted by molar-refractivity contribution is -0.693. The number of benzene rings is 2. The Morgan fingerprint density at radius 3 is 1.62 bits per heavy atom. The van der Waals surface area contributed by atoms with Gasteiger partial charge < -0.3 is 5.32 Å². The Morgan fingerprint density at radius 2 is 1.12 bits per heavy atom. The van der Waals surface area contributed by atoms with E-state index in [2.05, 4.69) is 152 Å². The zero-order valence-electron chi connectivity index (χ0n) is 25.6. The van der Waals surface area contributed by atoms with Gasteiger partial charge in [0, 0.05) is 48.0 Å². The average Bonchev–Trinajstić information content (AvgIpc) is 3.04. The molecular formula is C37H45N3S2+2. The predicted octanol–water partition coefficient (Wildman–Crippen LogP) is 8.85. The molecule has 4 rings (SSSR count). The normalized spacial score (nSPS) is 12.0. The van der Waals surface area contributed by atoms with Crippen molar-refractivity contribution in [2.75, 3.05) is 23.4 Å². The lowest BCUT2D eigenvalue weighted by Crippen LogP contribution is -2.30. The van der Waals surface area contributed by atoms with Crippen LogP contribution in [-0.2, 0) is 19.5 Å². The van der Waals surface area contributed by atoms with Gasteiger partial charge in [0.05, 0.1) is 0 Å². The number of nitrogens with one attached hydrogen (secondary N) is 1. The summed E-state index contributed by atoms with van der Waals surface area (Å²) in [6, 6.07) is 26.6. The van der Waals surface area contributed by atoms with Crippen molar-refractivity contribution in [2.24, 2.45) is 0 Å². The fourth-order valence-electron chi connectivity index (χ4n) is 4.70. The fraction of sp³-hybridized carbons (Fsp3) is 0.297. The Kier molecular flexibility index (Phi) is 12.8. The van der Waals surface area contributed by atoms with Gasteiger partial charge in [0.15, 0.2) is 24.8 Å². The van der Waals surface area contributed by atoms with Crippen LogP contribution >= 0.6 is 21.6 Å². The van der Waals surface area contributed by atoms with Gasteiger partial charge in [-0.2, -0.15) is 0 Å². The van der Waals surface area contributed by atoms with Crippen LogP contribution in [0.5, 0.6) is 0 Å². The molecule has 0 radical (unpaired) electrons. The van der Waals surface area contributed by atoms with Crippen molar-refractivity contribution in [3.8, 4) is 0 Å². The minimum atomic E-state index is 0.976. The second kappa shape index (κ2) is 17.0. The smallest absolute Gasteiger partial charge is 0.169 e. The third kappa shape index (κ3) is 10.2. The zero-order chi connectivity index (χ0) is 29.6. The van der Waals surface area contributed by atoms with Crippen molar-refractivity contribution in [2.45, 2.75) is 53.6 Å². The highest BCUT2D eigenvalue weighted by Gasteiger charge is 2.03. The number of aromatic nitrogens is 2. The minimum absolute atomic E-state index is 0.976. The summed E-state index contributed by atoms with van der Waals surface area (Å²) in [5.41, 5.74) is 10.2. The van der Waals surface area contributed by atoms with Crippen LogP contribution in [0.4, 0.5) is 5.69 Å². The molecule has 0 aliphatic heterocycles. The summed E-state index contributed by atoms with van der Waals surface area (Å²) in [6.07, 6.45) is 15.4. The van der Waals surface area contributed by atoms with Gasteiger partial charge in [0.2, 0.25) is 0 Å². The van der Waals surface area contributed by atoms with Gasteiger partial charge in [0.25, 0.3) is 0 Å². The number of anilines is 1. The molecule has 0 saturated carbocycles. The summed E-state index contributed by atoms with van der Waals surface area (Å²) in [5, 5.41) is 3.56. The van der Waals surface area contributed by atoms with Crippen LogP contribution in [0.1, 0.15) is 61.9 Å². The second-order valence-corrected chi connectivity index (χ2v) is 13.2. The third-order valence-corrected chi connectivity index (χ3v) is 9.86. The van der Waals surface area contributed by atoms with E-state index in [1.807, 2.05) is 21.6 Å². The van der Waals surface area contributed by atoms with Crippen molar-refractivity contribution in [3.63, 3.8) is 0 Å². The maximum absolute atomic E-state index is 3.56. The van der Waals surface area contributed by atoms with Crippen molar-refractivity contribution >= 4 is 50.6 Å². The number of aryl methyl sites for hydroxylation is 3. The van der Waals surface area contributed by atoms with Crippen LogP contribution in [0.15, 0.2) is 97.6 Å². The van der Waals surface area contributed by atoms with Crippen LogP contribution in [-0.4, -0.2) is 18.1 Å². The minimum Gasteiger partial charge on any atom is -0.384 e. The first-order valence-electron chi connectivity index (χ1n) is 15.1. The average molecular weight is 596 g/mol. The highest BCUT2D eigenvalue weighted by molar-refractivity contribution is 8.76. The Balaban J connectivity index is 1.09. The lowest BCUT2D eigenvalue weighted by atomic mass is 10.0. The summed E-state index contributed by atoms with van der Waals surface area (Å²) >= 11 is 0. The van der Waals surface area contributed by atoms with E-state index in [-0.39, 0.29) is 0 Å². The zero-order valence-corrected chi connectivity index (χ0v) is 27.2. The van der Waals surface area contributed by atoms with Crippen molar-refractivity contribution < 1.29 is 9.13 Å². The number of hydrogen-bond donors (Lipinski definition) is 1. The standard InChI is InChI=1S/C37H44N3S2/c1-5-39-22-17-35(18-23-39)30(3)28-33-11-9-32(10-12-33)8-7-26-41-42-27-21-38-37-15-13-34(14-16-37)29-31(4)36-19-24-40(6-2)25-20-36/h9-20,22-25,28-29H,5-8,21,26-27H2,1-4H3/q+1/p+1/b30-28+. The number of pyridine rings is 2. The number of hydrogen-bond acceptors (Lipinski definition) is 3. The molecule has 5 heteroatoms. The van der Waals surface area contributed by atoms with Crippen molar-refractivity contribution in [3.05, 3.63) is 125 Å². The molecule has 2 aromatic heterocycles. The highest BCUT2D eigenvalue weighted by Crippen LogP contribution is 2.24. The summed E-state index contributed by atoms with van der Waals surface area (Å²) in [4.78, 5) is 0. The molecule has 0 bridgehead atoms. The van der Waals surface area contributed by atoms with E-state index < -0.39 is 0 Å². The molecule has 0 spiro atoms. The Morgan fingerprint density at radius 1 is 0.643 bits per heavy atom. The monoisotopic (exact) mass is 595 g/mol. The molecule has 0 saturated heterocycles. The Bertz CT molecular complexity index is 1310. The van der Waals surface area contributed by atoms with Crippen LogP contribution < -0.4 is 14.5 Å². The topological polar surface area (TPSA) is 19.8 Å². The van der Waals surface area contributed by atoms with E-state index in [0.29, 0.717) is 0 Å². The van der Waals surface area contributed by atoms with Crippen molar-refractivity contribution in [1.29, 1.82) is 0 Å². The van der Waals surface area contributed by atoms with Crippen LogP contribution in [0.25, 0.3) is 23.3 Å².